The zero-order chi connectivity index (χ0) is 6.43. The summed E-state index contributed by atoms with van der Waals surface area (Å²) in [4.78, 5) is 0. The standard InChI is InChI=1S/C8H15N/c1-5-3-7-8(9-7)4-6(5)2/h5-9H,3-4H2,1-2H3/t5-,6+,7-,8+. The van der Waals surface area contributed by atoms with Crippen molar-refractivity contribution >= 4 is 0 Å². The van der Waals surface area contributed by atoms with Crippen molar-refractivity contribution in [2.75, 3.05) is 0 Å². The zero-order valence-electron chi connectivity index (χ0n) is 6.22. The summed E-state index contributed by atoms with van der Waals surface area (Å²) in [5.41, 5.74) is 0. The smallest absolute Gasteiger partial charge is 0.0227 e. The maximum Gasteiger partial charge on any atom is 0.0227 e. The van der Waals surface area contributed by atoms with Crippen LogP contribution in [0.25, 0.3) is 0 Å². The fourth-order valence-electron chi connectivity index (χ4n) is 1.95. The Bertz CT molecular complexity index is 108. The highest BCUT2D eigenvalue weighted by Crippen LogP contribution is 2.36. The molecule has 0 amide bonds. The van der Waals surface area contributed by atoms with E-state index in [9.17, 15) is 0 Å². The van der Waals surface area contributed by atoms with Gasteiger partial charge < -0.3 is 5.32 Å². The molecule has 2 aliphatic rings. The first-order valence-corrected chi connectivity index (χ1v) is 4.03. The molecule has 1 saturated heterocycles. The highest BCUT2D eigenvalue weighted by atomic mass is 15.2. The van der Waals surface area contributed by atoms with Crippen molar-refractivity contribution < 1.29 is 0 Å². The van der Waals surface area contributed by atoms with Gasteiger partial charge in [0.05, 0.1) is 0 Å². The molecule has 0 unspecified atom stereocenters. The number of rotatable bonds is 0. The van der Waals surface area contributed by atoms with Gasteiger partial charge in [0.15, 0.2) is 0 Å². The second-order valence-corrected chi connectivity index (χ2v) is 3.81. The summed E-state index contributed by atoms with van der Waals surface area (Å²) in [5.74, 6) is 1.92. The van der Waals surface area contributed by atoms with Crippen molar-refractivity contribution in [2.24, 2.45) is 11.8 Å². The third kappa shape index (κ3) is 0.877. The number of nitrogens with one attached hydrogen (secondary N) is 1. The van der Waals surface area contributed by atoms with E-state index in [1.54, 1.807) is 0 Å². The van der Waals surface area contributed by atoms with Gasteiger partial charge in [-0.1, -0.05) is 13.8 Å². The fourth-order valence-corrected chi connectivity index (χ4v) is 1.95. The van der Waals surface area contributed by atoms with Crippen LogP contribution in [0.3, 0.4) is 0 Å². The normalized spacial score (nSPS) is 56.7. The Morgan fingerprint density at radius 2 is 1.44 bits per heavy atom. The van der Waals surface area contributed by atoms with Crippen LogP contribution in [0, 0.1) is 11.8 Å². The molecule has 0 aromatic heterocycles. The van der Waals surface area contributed by atoms with Crippen LogP contribution < -0.4 is 5.32 Å². The monoisotopic (exact) mass is 125 g/mol. The topological polar surface area (TPSA) is 21.9 Å². The molecule has 1 N–H and O–H groups in total. The Labute approximate surface area is 56.8 Å². The van der Waals surface area contributed by atoms with Gasteiger partial charge in [-0.05, 0) is 24.7 Å². The van der Waals surface area contributed by atoms with Crippen LogP contribution >= 0.6 is 0 Å². The molecule has 9 heavy (non-hydrogen) atoms. The molecule has 1 aliphatic heterocycles. The van der Waals surface area contributed by atoms with E-state index in [-0.39, 0.29) is 0 Å². The van der Waals surface area contributed by atoms with E-state index < -0.39 is 0 Å². The van der Waals surface area contributed by atoms with Crippen molar-refractivity contribution in [1.29, 1.82) is 0 Å². The van der Waals surface area contributed by atoms with Crippen LogP contribution in [0.15, 0.2) is 0 Å². The average molecular weight is 125 g/mol. The molecule has 0 radical (unpaired) electrons. The highest BCUT2D eigenvalue weighted by molar-refractivity contribution is 5.03. The first kappa shape index (κ1) is 5.72. The largest absolute Gasteiger partial charge is 0.308 e. The Hall–Kier alpha value is -0.0400. The van der Waals surface area contributed by atoms with Crippen molar-refractivity contribution in [2.45, 2.75) is 38.8 Å². The minimum Gasteiger partial charge on any atom is -0.308 e. The van der Waals surface area contributed by atoms with E-state index in [2.05, 4.69) is 19.2 Å². The fraction of sp³-hybridized carbons (Fsp3) is 1.00. The van der Waals surface area contributed by atoms with Gasteiger partial charge in [0, 0.05) is 12.1 Å². The molecule has 1 saturated carbocycles. The Kier molecular flexibility index (Phi) is 1.10. The van der Waals surface area contributed by atoms with Crippen molar-refractivity contribution in [3.63, 3.8) is 0 Å². The Morgan fingerprint density at radius 1 is 1.00 bits per heavy atom. The van der Waals surface area contributed by atoms with Crippen LogP contribution in [-0.2, 0) is 0 Å². The zero-order valence-corrected chi connectivity index (χ0v) is 6.22. The van der Waals surface area contributed by atoms with Crippen LogP contribution in [-0.4, -0.2) is 12.1 Å². The van der Waals surface area contributed by atoms with Crippen LogP contribution in [0.1, 0.15) is 26.7 Å². The summed E-state index contributed by atoms with van der Waals surface area (Å²) in [5, 5.41) is 3.49. The van der Waals surface area contributed by atoms with E-state index in [1.807, 2.05) is 0 Å². The average Bonchev–Trinajstić information content (AvgIpc) is 2.46. The molecule has 0 aromatic carbocycles. The van der Waals surface area contributed by atoms with Gasteiger partial charge in [0.1, 0.15) is 0 Å². The van der Waals surface area contributed by atoms with Gasteiger partial charge in [0.25, 0.3) is 0 Å². The lowest BCUT2D eigenvalue weighted by Crippen LogP contribution is -2.19. The molecule has 1 aliphatic carbocycles. The molecule has 1 nitrogen and oxygen atoms in total. The first-order valence-electron chi connectivity index (χ1n) is 4.03. The summed E-state index contributed by atoms with van der Waals surface area (Å²) < 4.78 is 0. The molecule has 1 heteroatoms. The predicted molar refractivity (Wildman–Crippen MR) is 38.3 cm³/mol. The molecular weight excluding hydrogens is 110 g/mol. The maximum absolute atomic E-state index is 3.49. The summed E-state index contributed by atoms with van der Waals surface area (Å²) in [7, 11) is 0. The number of hydrogen-bond acceptors (Lipinski definition) is 1. The van der Waals surface area contributed by atoms with Gasteiger partial charge in [-0.2, -0.15) is 0 Å². The lowest BCUT2D eigenvalue weighted by atomic mass is 9.82. The Morgan fingerprint density at radius 3 is 1.89 bits per heavy atom. The van der Waals surface area contributed by atoms with Gasteiger partial charge in [0.2, 0.25) is 0 Å². The van der Waals surface area contributed by atoms with Gasteiger partial charge in [-0.15, -0.1) is 0 Å². The van der Waals surface area contributed by atoms with Crippen molar-refractivity contribution in [3.8, 4) is 0 Å². The van der Waals surface area contributed by atoms with Gasteiger partial charge >= 0.3 is 0 Å². The molecule has 52 valence electrons. The number of fused-ring (bicyclic) bond motifs is 1. The van der Waals surface area contributed by atoms with Gasteiger partial charge in [-0.25, -0.2) is 0 Å². The quantitative estimate of drug-likeness (QED) is 0.485. The third-order valence-electron chi connectivity index (χ3n) is 3.03. The van der Waals surface area contributed by atoms with Crippen LogP contribution in [0.4, 0.5) is 0 Å². The van der Waals surface area contributed by atoms with Gasteiger partial charge in [-0.3, -0.25) is 0 Å². The lowest BCUT2D eigenvalue weighted by molar-refractivity contribution is 0.309. The van der Waals surface area contributed by atoms with Crippen molar-refractivity contribution in [3.05, 3.63) is 0 Å². The molecule has 2 fully saturated rings. The van der Waals surface area contributed by atoms with E-state index in [4.69, 9.17) is 0 Å². The summed E-state index contributed by atoms with van der Waals surface area (Å²) in [6, 6.07) is 1.83. The predicted octanol–water partition coefficient (Wildman–Crippen LogP) is 1.39. The SMILES string of the molecule is C[C@@H]1C[C@H]2N[C@H]2C[C@@H]1C. The lowest BCUT2D eigenvalue weighted by Gasteiger charge is -2.22. The van der Waals surface area contributed by atoms with Crippen molar-refractivity contribution in [1.82, 2.24) is 5.32 Å². The summed E-state index contributed by atoms with van der Waals surface area (Å²) >= 11 is 0. The minimum atomic E-state index is 0.913. The summed E-state index contributed by atoms with van der Waals surface area (Å²) in [6.45, 7) is 4.75. The van der Waals surface area contributed by atoms with E-state index in [1.165, 1.54) is 12.8 Å². The first-order chi connectivity index (χ1) is 4.27. The highest BCUT2D eigenvalue weighted by Gasteiger charge is 2.42. The van der Waals surface area contributed by atoms with E-state index >= 15 is 0 Å². The van der Waals surface area contributed by atoms with Crippen LogP contribution in [0.5, 0.6) is 0 Å². The Balaban J connectivity index is 1.98. The number of hydrogen-bond donors (Lipinski definition) is 1. The maximum atomic E-state index is 3.49. The van der Waals surface area contributed by atoms with E-state index in [0.717, 1.165) is 23.9 Å². The molecule has 2 rings (SSSR count). The molecule has 0 aromatic rings. The minimum absolute atomic E-state index is 0.913. The third-order valence-corrected chi connectivity index (χ3v) is 3.03. The molecule has 0 spiro atoms. The molecule has 1 heterocycles. The summed E-state index contributed by atoms with van der Waals surface area (Å²) in [6.07, 6.45) is 2.84. The molecule has 0 bridgehead atoms. The van der Waals surface area contributed by atoms with Crippen LogP contribution in [0.2, 0.25) is 0 Å². The molecular formula is C8H15N. The second-order valence-electron chi connectivity index (χ2n) is 3.81. The van der Waals surface area contributed by atoms with E-state index in [0.29, 0.717) is 0 Å². The second kappa shape index (κ2) is 1.72. The molecule has 4 atom stereocenters.